The number of fused-ring (bicyclic) bond motifs is 1. The van der Waals surface area contributed by atoms with E-state index in [9.17, 15) is 14.4 Å². The second-order valence-electron chi connectivity index (χ2n) is 5.49. The van der Waals surface area contributed by atoms with Gasteiger partial charge in [0.25, 0.3) is 0 Å². The van der Waals surface area contributed by atoms with E-state index < -0.39 is 11.9 Å². The third-order valence-electron chi connectivity index (χ3n) is 3.62. The molecule has 9 heteroatoms. The summed E-state index contributed by atoms with van der Waals surface area (Å²) in [4.78, 5) is 37.4. The number of hydrogen-bond donors (Lipinski definition) is 3. The molecule has 0 aromatic heterocycles. The topological polar surface area (TPSA) is 90.5 Å². The van der Waals surface area contributed by atoms with E-state index in [1.54, 1.807) is 36.4 Å². The molecule has 0 saturated carbocycles. The Morgan fingerprint density at radius 2 is 1.88 bits per heavy atom. The van der Waals surface area contributed by atoms with Gasteiger partial charge in [0.1, 0.15) is 6.54 Å². The van der Waals surface area contributed by atoms with Gasteiger partial charge in [-0.15, -0.1) is 0 Å². The molecule has 1 aliphatic rings. The van der Waals surface area contributed by atoms with Gasteiger partial charge >= 0.3 is 6.03 Å². The fourth-order valence-electron chi connectivity index (χ4n) is 2.44. The molecule has 7 nitrogen and oxygen atoms in total. The van der Waals surface area contributed by atoms with E-state index >= 15 is 0 Å². The number of urea groups is 1. The molecule has 1 heterocycles. The lowest BCUT2D eigenvalue weighted by Gasteiger charge is -2.29. The lowest BCUT2D eigenvalue weighted by molar-refractivity contribution is -0.115. The number of hydrogen-bond acceptors (Lipinski definition) is 3. The average molecular weight is 393 g/mol. The van der Waals surface area contributed by atoms with Crippen LogP contribution in [0.4, 0.5) is 21.9 Å². The number of nitrogens with zero attached hydrogens (tertiary/aromatic N) is 1. The number of halogens is 2. The Morgan fingerprint density at radius 3 is 2.65 bits per heavy atom. The van der Waals surface area contributed by atoms with Gasteiger partial charge in [-0.2, -0.15) is 0 Å². The molecule has 3 N–H and O–H groups in total. The molecule has 2 aromatic rings. The van der Waals surface area contributed by atoms with Gasteiger partial charge in [0.15, 0.2) is 0 Å². The van der Waals surface area contributed by atoms with Gasteiger partial charge in [-0.25, -0.2) is 4.79 Å². The number of carbonyl (C=O) groups is 3. The molecule has 0 atom stereocenters. The van der Waals surface area contributed by atoms with Crippen LogP contribution >= 0.6 is 23.2 Å². The molecule has 4 amide bonds. The number of nitrogens with one attached hydrogen (secondary N) is 3. The Hall–Kier alpha value is -2.77. The molecular weight excluding hydrogens is 379 g/mol. The molecule has 1 aliphatic heterocycles. The van der Waals surface area contributed by atoms with E-state index in [4.69, 9.17) is 23.2 Å². The number of rotatable bonds is 3. The second-order valence-corrected chi connectivity index (χ2v) is 6.30. The molecule has 0 fully saturated rings. The first-order valence-electron chi connectivity index (χ1n) is 7.63. The Kier molecular flexibility index (Phi) is 5.29. The lowest BCUT2D eigenvalue weighted by atomic mass is 10.2. The zero-order chi connectivity index (χ0) is 18.7. The summed E-state index contributed by atoms with van der Waals surface area (Å²) in [6.07, 6.45) is 0. The standard InChI is InChI=1S/C17H14Cl2N4O3/c18-11-6-5-10(7-12(11)19)21-15(24)8-20-17(26)23-9-16(25)22-13-3-1-2-4-14(13)23/h1-7H,8-9H2,(H,20,26)(H,21,24)(H,22,25). The first kappa shape index (κ1) is 18.0. The summed E-state index contributed by atoms with van der Waals surface area (Å²) >= 11 is 11.7. The van der Waals surface area contributed by atoms with Crippen LogP contribution in [0.2, 0.25) is 10.0 Å². The zero-order valence-electron chi connectivity index (χ0n) is 13.4. The molecule has 3 rings (SSSR count). The maximum Gasteiger partial charge on any atom is 0.322 e. The monoisotopic (exact) mass is 392 g/mol. The SMILES string of the molecule is O=C(CNC(=O)N1CC(=O)Nc2ccccc21)Nc1ccc(Cl)c(Cl)c1. The molecule has 2 aromatic carbocycles. The summed E-state index contributed by atoms with van der Waals surface area (Å²) in [5.74, 6) is -0.745. The summed E-state index contributed by atoms with van der Waals surface area (Å²) in [5.41, 5.74) is 1.56. The third kappa shape index (κ3) is 4.07. The van der Waals surface area contributed by atoms with Crippen LogP contribution in [0.1, 0.15) is 0 Å². The first-order chi connectivity index (χ1) is 12.4. The maximum atomic E-state index is 12.4. The van der Waals surface area contributed by atoms with Crippen LogP contribution in [-0.4, -0.2) is 30.9 Å². The van der Waals surface area contributed by atoms with E-state index in [-0.39, 0.29) is 19.0 Å². The van der Waals surface area contributed by atoms with Crippen molar-refractivity contribution >= 4 is 58.1 Å². The van der Waals surface area contributed by atoms with E-state index in [2.05, 4.69) is 16.0 Å². The fourth-order valence-corrected chi connectivity index (χ4v) is 2.74. The Labute approximate surface area is 159 Å². The van der Waals surface area contributed by atoms with Crippen molar-refractivity contribution in [2.75, 3.05) is 28.6 Å². The van der Waals surface area contributed by atoms with Crippen LogP contribution in [0, 0.1) is 0 Å². The van der Waals surface area contributed by atoms with Crippen molar-refractivity contribution in [1.29, 1.82) is 0 Å². The maximum absolute atomic E-state index is 12.4. The van der Waals surface area contributed by atoms with Crippen molar-refractivity contribution in [2.24, 2.45) is 0 Å². The summed E-state index contributed by atoms with van der Waals surface area (Å²) in [7, 11) is 0. The number of anilines is 3. The summed E-state index contributed by atoms with van der Waals surface area (Å²) < 4.78 is 0. The van der Waals surface area contributed by atoms with Gasteiger partial charge in [-0.1, -0.05) is 35.3 Å². The van der Waals surface area contributed by atoms with Crippen LogP contribution in [0.3, 0.4) is 0 Å². The molecule has 0 saturated heterocycles. The Bertz CT molecular complexity index is 888. The number of para-hydroxylation sites is 2. The van der Waals surface area contributed by atoms with Crippen molar-refractivity contribution in [1.82, 2.24) is 5.32 Å². The van der Waals surface area contributed by atoms with Crippen molar-refractivity contribution in [3.63, 3.8) is 0 Å². The Balaban J connectivity index is 1.61. The first-order valence-corrected chi connectivity index (χ1v) is 8.39. The van der Waals surface area contributed by atoms with Gasteiger partial charge in [-0.3, -0.25) is 14.5 Å². The second kappa shape index (κ2) is 7.63. The zero-order valence-corrected chi connectivity index (χ0v) is 14.9. The summed E-state index contributed by atoms with van der Waals surface area (Å²) in [6.45, 7) is -0.392. The minimum atomic E-state index is -0.545. The third-order valence-corrected chi connectivity index (χ3v) is 4.36. The number of amides is 4. The highest BCUT2D eigenvalue weighted by Crippen LogP contribution is 2.28. The molecule has 134 valence electrons. The van der Waals surface area contributed by atoms with Crippen LogP contribution in [0.15, 0.2) is 42.5 Å². The quantitative estimate of drug-likeness (QED) is 0.749. The van der Waals surface area contributed by atoms with Crippen LogP contribution in [0.5, 0.6) is 0 Å². The molecule has 0 radical (unpaired) electrons. The normalized spacial score (nSPS) is 12.8. The largest absolute Gasteiger partial charge is 0.329 e. The van der Waals surface area contributed by atoms with Crippen LogP contribution < -0.4 is 20.9 Å². The smallest absolute Gasteiger partial charge is 0.322 e. The lowest BCUT2D eigenvalue weighted by Crippen LogP contribution is -2.48. The molecule has 0 spiro atoms. The fraction of sp³-hybridized carbons (Fsp3) is 0.118. The molecule has 0 bridgehead atoms. The predicted molar refractivity (Wildman–Crippen MR) is 101 cm³/mol. The van der Waals surface area contributed by atoms with Gasteiger partial charge < -0.3 is 16.0 Å². The van der Waals surface area contributed by atoms with Gasteiger partial charge in [0.2, 0.25) is 11.8 Å². The predicted octanol–water partition coefficient (Wildman–Crippen LogP) is 3.10. The van der Waals surface area contributed by atoms with Gasteiger partial charge in [-0.05, 0) is 30.3 Å². The van der Waals surface area contributed by atoms with Crippen molar-refractivity contribution in [3.05, 3.63) is 52.5 Å². The van der Waals surface area contributed by atoms with E-state index in [1.807, 2.05) is 0 Å². The number of benzene rings is 2. The number of carbonyl (C=O) groups excluding carboxylic acids is 3. The highest BCUT2D eigenvalue weighted by atomic mass is 35.5. The van der Waals surface area contributed by atoms with Crippen molar-refractivity contribution < 1.29 is 14.4 Å². The van der Waals surface area contributed by atoms with Crippen LogP contribution in [0.25, 0.3) is 0 Å². The van der Waals surface area contributed by atoms with E-state index in [1.165, 1.54) is 11.0 Å². The minimum Gasteiger partial charge on any atom is -0.329 e. The average Bonchev–Trinajstić information content (AvgIpc) is 2.62. The summed E-state index contributed by atoms with van der Waals surface area (Å²) in [6, 6.07) is 11.0. The highest BCUT2D eigenvalue weighted by Gasteiger charge is 2.26. The molecule has 0 unspecified atom stereocenters. The van der Waals surface area contributed by atoms with Crippen LogP contribution in [-0.2, 0) is 9.59 Å². The van der Waals surface area contributed by atoms with E-state index in [0.29, 0.717) is 27.1 Å². The highest BCUT2D eigenvalue weighted by molar-refractivity contribution is 6.42. The summed E-state index contributed by atoms with van der Waals surface area (Å²) in [5, 5.41) is 8.47. The van der Waals surface area contributed by atoms with E-state index in [0.717, 1.165) is 0 Å². The van der Waals surface area contributed by atoms with Crippen molar-refractivity contribution in [2.45, 2.75) is 0 Å². The molecule has 0 aliphatic carbocycles. The Morgan fingerprint density at radius 1 is 1.12 bits per heavy atom. The van der Waals surface area contributed by atoms with Gasteiger partial charge in [0.05, 0.1) is 28.0 Å². The minimum absolute atomic E-state index is 0.128. The molecular formula is C17H14Cl2N4O3. The molecule has 26 heavy (non-hydrogen) atoms. The van der Waals surface area contributed by atoms with Gasteiger partial charge in [0, 0.05) is 5.69 Å². The van der Waals surface area contributed by atoms with Crippen molar-refractivity contribution in [3.8, 4) is 0 Å².